The van der Waals surface area contributed by atoms with E-state index >= 15 is 0 Å². The molecule has 0 aromatic rings. The van der Waals surface area contributed by atoms with Gasteiger partial charge in [0.1, 0.15) is 5.54 Å². The molecule has 1 saturated heterocycles. The van der Waals surface area contributed by atoms with E-state index in [1.165, 1.54) is 7.11 Å². The molecule has 0 aliphatic carbocycles. The Morgan fingerprint density at radius 3 is 2.55 bits per heavy atom. The molecule has 1 fully saturated rings. The quantitative estimate of drug-likeness (QED) is 0.518. The number of ether oxygens (including phenoxy) is 1. The first-order chi connectivity index (χ1) is 5.08. The third-order valence-electron chi connectivity index (χ3n) is 1.55. The van der Waals surface area contributed by atoms with Gasteiger partial charge >= 0.3 is 6.03 Å². The van der Waals surface area contributed by atoms with Crippen molar-refractivity contribution in [3.63, 3.8) is 0 Å². The van der Waals surface area contributed by atoms with Crippen molar-refractivity contribution in [3.05, 3.63) is 0 Å². The highest BCUT2D eigenvalue weighted by Crippen LogP contribution is 2.08. The molecule has 0 saturated carbocycles. The summed E-state index contributed by atoms with van der Waals surface area (Å²) >= 11 is 0. The van der Waals surface area contributed by atoms with Gasteiger partial charge in [0.15, 0.2) is 0 Å². The number of imide groups is 1. The molecule has 0 spiro atoms. The number of carbonyl (C=O) groups excluding carboxylic acids is 2. The maximum Gasteiger partial charge on any atom is 0.322 e. The van der Waals surface area contributed by atoms with Gasteiger partial charge in [0.25, 0.3) is 5.91 Å². The summed E-state index contributed by atoms with van der Waals surface area (Å²) in [5.41, 5.74) is -0.897. The van der Waals surface area contributed by atoms with E-state index in [0.717, 1.165) is 0 Å². The van der Waals surface area contributed by atoms with E-state index in [-0.39, 0.29) is 12.5 Å². The molecule has 2 N–H and O–H groups in total. The number of amides is 3. The molecule has 1 heterocycles. The predicted molar refractivity (Wildman–Crippen MR) is 37.0 cm³/mol. The fourth-order valence-electron chi connectivity index (χ4n) is 0.970. The van der Waals surface area contributed by atoms with E-state index in [1.807, 2.05) is 0 Å². The lowest BCUT2D eigenvalue weighted by molar-refractivity contribution is -0.125. The Bertz CT molecular complexity index is 204. The van der Waals surface area contributed by atoms with Crippen molar-refractivity contribution in [3.8, 4) is 0 Å². The Morgan fingerprint density at radius 2 is 2.18 bits per heavy atom. The molecular weight excluding hydrogens is 148 g/mol. The van der Waals surface area contributed by atoms with E-state index in [2.05, 4.69) is 10.6 Å². The van der Waals surface area contributed by atoms with Crippen LogP contribution >= 0.6 is 0 Å². The van der Waals surface area contributed by atoms with Crippen molar-refractivity contribution >= 4 is 11.9 Å². The Kier molecular flexibility index (Phi) is 1.82. The van der Waals surface area contributed by atoms with Crippen LogP contribution in [0.2, 0.25) is 0 Å². The van der Waals surface area contributed by atoms with Gasteiger partial charge in [-0.05, 0) is 6.92 Å². The predicted octanol–water partition coefficient (Wildman–Crippen LogP) is -0.769. The van der Waals surface area contributed by atoms with Gasteiger partial charge in [0, 0.05) is 7.11 Å². The number of urea groups is 1. The van der Waals surface area contributed by atoms with Crippen LogP contribution in [0.15, 0.2) is 0 Å². The first-order valence-corrected chi connectivity index (χ1v) is 3.21. The van der Waals surface area contributed by atoms with Gasteiger partial charge in [-0.2, -0.15) is 0 Å². The number of nitrogens with one attached hydrogen (secondary N) is 2. The molecule has 1 aliphatic rings. The van der Waals surface area contributed by atoms with Crippen LogP contribution in [0.1, 0.15) is 6.92 Å². The highest BCUT2D eigenvalue weighted by molar-refractivity contribution is 6.06. The fraction of sp³-hybridized carbons (Fsp3) is 0.667. The van der Waals surface area contributed by atoms with Gasteiger partial charge in [-0.25, -0.2) is 4.79 Å². The van der Waals surface area contributed by atoms with Crippen molar-refractivity contribution in [1.29, 1.82) is 0 Å². The monoisotopic (exact) mass is 158 g/mol. The molecule has 62 valence electrons. The zero-order valence-electron chi connectivity index (χ0n) is 6.43. The van der Waals surface area contributed by atoms with Crippen molar-refractivity contribution in [2.75, 3.05) is 13.7 Å². The summed E-state index contributed by atoms with van der Waals surface area (Å²) in [6, 6.07) is -0.463. The van der Waals surface area contributed by atoms with Crippen LogP contribution in [-0.2, 0) is 9.53 Å². The van der Waals surface area contributed by atoms with Crippen molar-refractivity contribution in [2.45, 2.75) is 12.5 Å². The summed E-state index contributed by atoms with van der Waals surface area (Å²) in [4.78, 5) is 21.7. The molecule has 3 amide bonds. The molecule has 1 aliphatic heterocycles. The zero-order valence-corrected chi connectivity index (χ0v) is 6.43. The van der Waals surface area contributed by atoms with Crippen molar-refractivity contribution < 1.29 is 14.3 Å². The highest BCUT2D eigenvalue weighted by Gasteiger charge is 2.41. The Balaban J connectivity index is 2.70. The minimum atomic E-state index is -0.897. The molecule has 0 aromatic heterocycles. The molecule has 5 heteroatoms. The Morgan fingerprint density at radius 1 is 1.55 bits per heavy atom. The first-order valence-electron chi connectivity index (χ1n) is 3.21. The molecular formula is C6H10N2O3. The molecule has 1 atom stereocenters. The summed E-state index contributed by atoms with van der Waals surface area (Å²) in [7, 11) is 1.48. The number of rotatable bonds is 2. The topological polar surface area (TPSA) is 67.4 Å². The molecule has 0 radical (unpaired) electrons. The molecule has 0 unspecified atom stereocenters. The van der Waals surface area contributed by atoms with E-state index in [4.69, 9.17) is 4.74 Å². The van der Waals surface area contributed by atoms with Crippen LogP contribution in [0.4, 0.5) is 4.79 Å². The molecule has 5 nitrogen and oxygen atoms in total. The zero-order chi connectivity index (χ0) is 8.48. The molecule has 0 aromatic carbocycles. The van der Waals surface area contributed by atoms with Crippen LogP contribution in [0.3, 0.4) is 0 Å². The lowest BCUT2D eigenvalue weighted by atomic mass is 10.1. The lowest BCUT2D eigenvalue weighted by Gasteiger charge is -2.18. The smallest absolute Gasteiger partial charge is 0.322 e. The van der Waals surface area contributed by atoms with Gasteiger partial charge in [-0.3, -0.25) is 10.1 Å². The van der Waals surface area contributed by atoms with Crippen LogP contribution < -0.4 is 10.6 Å². The maximum atomic E-state index is 11.0. The molecule has 0 bridgehead atoms. The van der Waals surface area contributed by atoms with Crippen LogP contribution in [-0.4, -0.2) is 31.2 Å². The second-order valence-electron chi connectivity index (χ2n) is 2.67. The lowest BCUT2D eigenvalue weighted by Crippen LogP contribution is -2.47. The summed E-state index contributed by atoms with van der Waals surface area (Å²) in [6.07, 6.45) is 0. The van der Waals surface area contributed by atoms with E-state index in [1.54, 1.807) is 6.92 Å². The number of carbonyl (C=O) groups is 2. The van der Waals surface area contributed by atoms with Crippen molar-refractivity contribution in [1.82, 2.24) is 10.6 Å². The maximum absolute atomic E-state index is 11.0. The van der Waals surface area contributed by atoms with E-state index in [9.17, 15) is 9.59 Å². The van der Waals surface area contributed by atoms with Gasteiger partial charge in [0.05, 0.1) is 6.61 Å². The van der Waals surface area contributed by atoms with E-state index < -0.39 is 11.6 Å². The van der Waals surface area contributed by atoms with Crippen LogP contribution in [0.5, 0.6) is 0 Å². The SMILES string of the molecule is COC[C@@]1(C)NC(=O)NC1=O. The van der Waals surface area contributed by atoms with Gasteiger partial charge < -0.3 is 10.1 Å². The summed E-state index contributed by atoms with van der Waals surface area (Å²) < 4.78 is 4.77. The first kappa shape index (κ1) is 8.00. The standard InChI is InChI=1S/C6H10N2O3/c1-6(3-11-2)4(9)7-5(10)8-6/h3H2,1-2H3,(H2,7,8,9,10)/t6-/m1/s1. The minimum Gasteiger partial charge on any atom is -0.382 e. The largest absolute Gasteiger partial charge is 0.382 e. The Labute approximate surface area is 64.1 Å². The average molecular weight is 158 g/mol. The summed E-state index contributed by atoms with van der Waals surface area (Å²) in [5, 5.41) is 4.58. The fourth-order valence-corrected chi connectivity index (χ4v) is 0.970. The molecule has 1 rings (SSSR count). The van der Waals surface area contributed by atoms with Gasteiger partial charge in [-0.15, -0.1) is 0 Å². The Hall–Kier alpha value is -1.10. The second-order valence-corrected chi connectivity index (χ2v) is 2.67. The number of hydrogen-bond acceptors (Lipinski definition) is 3. The summed E-state index contributed by atoms with van der Waals surface area (Å²) in [5.74, 6) is -0.343. The van der Waals surface area contributed by atoms with Gasteiger partial charge in [-0.1, -0.05) is 0 Å². The number of methoxy groups -OCH3 is 1. The third-order valence-corrected chi connectivity index (χ3v) is 1.55. The van der Waals surface area contributed by atoms with Crippen molar-refractivity contribution in [2.24, 2.45) is 0 Å². The average Bonchev–Trinajstić information content (AvgIpc) is 2.08. The van der Waals surface area contributed by atoms with E-state index in [0.29, 0.717) is 0 Å². The highest BCUT2D eigenvalue weighted by atomic mass is 16.5. The minimum absolute atomic E-state index is 0.185. The van der Waals surface area contributed by atoms with Crippen LogP contribution in [0.25, 0.3) is 0 Å². The normalized spacial score (nSPS) is 30.0. The summed E-state index contributed by atoms with van der Waals surface area (Å²) in [6.45, 7) is 1.79. The van der Waals surface area contributed by atoms with Gasteiger partial charge in [0.2, 0.25) is 0 Å². The number of hydrogen-bond donors (Lipinski definition) is 2. The van der Waals surface area contributed by atoms with Crippen LogP contribution in [0, 0.1) is 0 Å². The molecule has 11 heavy (non-hydrogen) atoms. The third kappa shape index (κ3) is 1.32. The second kappa shape index (κ2) is 2.50.